The second kappa shape index (κ2) is 6.49. The summed E-state index contributed by atoms with van der Waals surface area (Å²) >= 11 is 0. The molecular formula is C15H21N5O. The number of aryl methyl sites for hydroxylation is 3. The highest BCUT2D eigenvalue weighted by molar-refractivity contribution is 5.77. The number of hydrogen-bond donors (Lipinski definition) is 2. The lowest BCUT2D eigenvalue weighted by Crippen LogP contribution is -2.29. The average Bonchev–Trinajstić information content (AvgIpc) is 2.88. The zero-order valence-corrected chi connectivity index (χ0v) is 12.7. The molecule has 2 rings (SSSR count). The molecule has 6 heteroatoms. The summed E-state index contributed by atoms with van der Waals surface area (Å²) < 4.78 is 1.79. The molecule has 0 aliphatic rings. The van der Waals surface area contributed by atoms with Crippen molar-refractivity contribution in [1.29, 1.82) is 0 Å². The smallest absolute Gasteiger partial charge is 0.234 e. The van der Waals surface area contributed by atoms with Gasteiger partial charge < -0.3 is 11.1 Å². The Hall–Kier alpha value is -2.21. The van der Waals surface area contributed by atoms with Crippen LogP contribution in [0.3, 0.4) is 0 Å². The number of rotatable bonds is 5. The number of nitrogens with zero attached hydrogens (tertiary/aromatic N) is 3. The summed E-state index contributed by atoms with van der Waals surface area (Å²) in [6.07, 6.45) is 1.84. The van der Waals surface area contributed by atoms with Crippen LogP contribution in [0.15, 0.2) is 18.3 Å². The lowest BCUT2D eigenvalue weighted by molar-refractivity contribution is -0.119. The van der Waals surface area contributed by atoms with Gasteiger partial charge in [0.05, 0.1) is 25.8 Å². The van der Waals surface area contributed by atoms with E-state index in [1.54, 1.807) is 4.68 Å². The Bertz CT molecular complexity index is 624. The van der Waals surface area contributed by atoms with Gasteiger partial charge in [-0.2, -0.15) is 0 Å². The minimum atomic E-state index is -0.199. The van der Waals surface area contributed by atoms with Gasteiger partial charge in [0.25, 0.3) is 0 Å². The van der Waals surface area contributed by atoms with E-state index in [1.165, 1.54) is 22.3 Å². The number of nitrogens with one attached hydrogen (secondary N) is 1. The summed E-state index contributed by atoms with van der Waals surface area (Å²) in [7, 11) is 0. The Kier molecular flexibility index (Phi) is 4.70. The molecule has 0 aliphatic carbocycles. The van der Waals surface area contributed by atoms with Crippen molar-refractivity contribution in [1.82, 2.24) is 20.3 Å². The van der Waals surface area contributed by atoms with Gasteiger partial charge in [0.15, 0.2) is 0 Å². The highest BCUT2D eigenvalue weighted by Gasteiger charge is 2.07. The lowest BCUT2D eigenvalue weighted by atomic mass is 10.00. The molecule has 2 aromatic rings. The van der Waals surface area contributed by atoms with Crippen LogP contribution >= 0.6 is 0 Å². The summed E-state index contributed by atoms with van der Waals surface area (Å²) in [6.45, 7) is 7.31. The third-order valence-electron chi connectivity index (χ3n) is 3.40. The SMILES string of the molecule is Cc1cc(C)c(Cn2cc(CNC(=O)CN)nn2)c(C)c1. The molecule has 0 bridgehead atoms. The van der Waals surface area contributed by atoms with E-state index in [1.807, 2.05) is 6.20 Å². The Morgan fingerprint density at radius 3 is 2.57 bits per heavy atom. The highest BCUT2D eigenvalue weighted by Crippen LogP contribution is 2.17. The van der Waals surface area contributed by atoms with E-state index in [-0.39, 0.29) is 12.5 Å². The number of hydrogen-bond acceptors (Lipinski definition) is 4. The minimum Gasteiger partial charge on any atom is -0.349 e. The molecule has 21 heavy (non-hydrogen) atoms. The molecule has 0 unspecified atom stereocenters. The van der Waals surface area contributed by atoms with Crippen LogP contribution < -0.4 is 11.1 Å². The van der Waals surface area contributed by atoms with Crippen molar-refractivity contribution in [2.75, 3.05) is 6.54 Å². The normalized spacial score (nSPS) is 10.7. The molecule has 0 saturated heterocycles. The van der Waals surface area contributed by atoms with E-state index in [0.29, 0.717) is 13.1 Å². The summed E-state index contributed by atoms with van der Waals surface area (Å²) in [5.41, 5.74) is 11.0. The summed E-state index contributed by atoms with van der Waals surface area (Å²) in [5.74, 6) is -0.199. The van der Waals surface area contributed by atoms with Crippen LogP contribution in [0.5, 0.6) is 0 Å². The number of aromatic nitrogens is 3. The molecule has 0 aliphatic heterocycles. The fraction of sp³-hybridized carbons (Fsp3) is 0.400. The van der Waals surface area contributed by atoms with Crippen molar-refractivity contribution < 1.29 is 4.79 Å². The van der Waals surface area contributed by atoms with Crippen molar-refractivity contribution in [3.8, 4) is 0 Å². The van der Waals surface area contributed by atoms with Crippen LogP contribution in [-0.4, -0.2) is 27.4 Å². The van der Waals surface area contributed by atoms with E-state index in [4.69, 9.17) is 5.73 Å². The third kappa shape index (κ3) is 3.88. The standard InChI is InChI=1S/C15H21N5O/c1-10-4-11(2)14(12(3)5-10)9-20-8-13(18-19-20)7-17-15(21)6-16/h4-5,8H,6-7,9,16H2,1-3H3,(H,17,21). The number of carbonyl (C=O) groups is 1. The predicted octanol–water partition coefficient (Wildman–Crippen LogP) is 0.827. The number of amides is 1. The summed E-state index contributed by atoms with van der Waals surface area (Å²) in [6, 6.07) is 4.34. The van der Waals surface area contributed by atoms with Crippen molar-refractivity contribution >= 4 is 5.91 Å². The zero-order valence-electron chi connectivity index (χ0n) is 12.7. The average molecular weight is 287 g/mol. The van der Waals surface area contributed by atoms with E-state index >= 15 is 0 Å². The van der Waals surface area contributed by atoms with E-state index in [0.717, 1.165) is 5.69 Å². The van der Waals surface area contributed by atoms with Gasteiger partial charge in [-0.1, -0.05) is 22.9 Å². The van der Waals surface area contributed by atoms with Gasteiger partial charge in [0.1, 0.15) is 5.69 Å². The number of carbonyl (C=O) groups excluding carboxylic acids is 1. The Morgan fingerprint density at radius 1 is 1.29 bits per heavy atom. The third-order valence-corrected chi connectivity index (χ3v) is 3.40. The predicted molar refractivity (Wildman–Crippen MR) is 80.7 cm³/mol. The zero-order chi connectivity index (χ0) is 15.4. The molecule has 0 fully saturated rings. The molecule has 1 aromatic carbocycles. The van der Waals surface area contributed by atoms with Gasteiger partial charge in [-0.05, 0) is 37.5 Å². The van der Waals surface area contributed by atoms with Crippen LogP contribution in [0, 0.1) is 20.8 Å². The fourth-order valence-electron chi connectivity index (χ4n) is 2.38. The minimum absolute atomic E-state index is 0.0180. The van der Waals surface area contributed by atoms with Crippen molar-refractivity contribution in [3.05, 3.63) is 46.3 Å². The Labute approximate surface area is 124 Å². The van der Waals surface area contributed by atoms with Gasteiger partial charge in [-0.3, -0.25) is 4.79 Å². The maximum Gasteiger partial charge on any atom is 0.234 e. The second-order valence-corrected chi connectivity index (χ2v) is 5.27. The summed E-state index contributed by atoms with van der Waals surface area (Å²) in [4.78, 5) is 11.1. The largest absolute Gasteiger partial charge is 0.349 e. The van der Waals surface area contributed by atoms with Crippen LogP contribution in [0.25, 0.3) is 0 Å². The van der Waals surface area contributed by atoms with Gasteiger partial charge >= 0.3 is 0 Å². The van der Waals surface area contributed by atoms with Crippen LogP contribution in [-0.2, 0) is 17.9 Å². The van der Waals surface area contributed by atoms with Gasteiger partial charge in [-0.15, -0.1) is 5.10 Å². The van der Waals surface area contributed by atoms with Gasteiger partial charge in [0, 0.05) is 0 Å². The first-order valence-electron chi connectivity index (χ1n) is 6.92. The number of nitrogens with two attached hydrogens (primary N) is 1. The fourth-order valence-corrected chi connectivity index (χ4v) is 2.38. The quantitative estimate of drug-likeness (QED) is 0.852. The molecule has 1 amide bonds. The topological polar surface area (TPSA) is 85.8 Å². The van der Waals surface area contributed by atoms with E-state index < -0.39 is 0 Å². The van der Waals surface area contributed by atoms with Crippen molar-refractivity contribution in [2.24, 2.45) is 5.73 Å². The van der Waals surface area contributed by atoms with Crippen LogP contribution in [0.2, 0.25) is 0 Å². The molecular weight excluding hydrogens is 266 g/mol. The second-order valence-electron chi connectivity index (χ2n) is 5.27. The van der Waals surface area contributed by atoms with Crippen molar-refractivity contribution in [3.63, 3.8) is 0 Å². The lowest BCUT2D eigenvalue weighted by Gasteiger charge is -2.10. The molecule has 0 radical (unpaired) electrons. The van der Waals surface area contributed by atoms with Crippen molar-refractivity contribution in [2.45, 2.75) is 33.9 Å². The first-order valence-corrected chi connectivity index (χ1v) is 6.92. The maximum absolute atomic E-state index is 11.1. The molecule has 1 aromatic heterocycles. The molecule has 6 nitrogen and oxygen atoms in total. The molecule has 0 atom stereocenters. The molecule has 0 saturated carbocycles. The van der Waals surface area contributed by atoms with Gasteiger partial charge in [0.2, 0.25) is 5.91 Å². The van der Waals surface area contributed by atoms with Gasteiger partial charge in [-0.25, -0.2) is 4.68 Å². The molecule has 3 N–H and O–H groups in total. The van der Waals surface area contributed by atoms with E-state index in [2.05, 4.69) is 48.5 Å². The Balaban J connectivity index is 2.08. The Morgan fingerprint density at radius 2 is 1.95 bits per heavy atom. The van der Waals surface area contributed by atoms with Crippen LogP contribution in [0.4, 0.5) is 0 Å². The number of benzene rings is 1. The first kappa shape index (κ1) is 15.2. The van der Waals surface area contributed by atoms with Crippen LogP contribution in [0.1, 0.15) is 27.9 Å². The molecule has 1 heterocycles. The monoisotopic (exact) mass is 287 g/mol. The van der Waals surface area contributed by atoms with E-state index in [9.17, 15) is 4.79 Å². The maximum atomic E-state index is 11.1. The summed E-state index contributed by atoms with van der Waals surface area (Å²) in [5, 5.41) is 10.8. The molecule has 0 spiro atoms. The highest BCUT2D eigenvalue weighted by atomic mass is 16.1. The molecule has 112 valence electrons. The first-order chi connectivity index (χ1) is 9.99.